The van der Waals surface area contributed by atoms with Gasteiger partial charge in [0.1, 0.15) is 11.8 Å². The van der Waals surface area contributed by atoms with Crippen LogP contribution in [-0.4, -0.2) is 57.6 Å². The number of methoxy groups -OCH3 is 1. The third kappa shape index (κ3) is 7.76. The van der Waals surface area contributed by atoms with E-state index in [1.54, 1.807) is 43.2 Å². The Hall–Kier alpha value is -3.07. The molecule has 0 aliphatic rings. The molecule has 2 amide bonds. The molecule has 186 valence electrons. The lowest BCUT2D eigenvalue weighted by Gasteiger charge is -2.29. The first-order valence-electron chi connectivity index (χ1n) is 11.3. The van der Waals surface area contributed by atoms with E-state index in [4.69, 9.17) is 4.74 Å². The van der Waals surface area contributed by atoms with Crippen LogP contribution in [0.4, 0.5) is 5.69 Å². The minimum Gasteiger partial charge on any atom is -0.497 e. The standard InChI is InChI=1S/C25H35N3O5S/c1-6-26-25(30)20(3)27(18-21-10-7-9-19(2)17-21)24(29)11-8-16-28(34(5,31)32)22-12-14-23(33-4)15-13-22/h7,9-10,12-15,17,20H,6,8,11,16,18H2,1-5H3,(H,26,30). The van der Waals surface area contributed by atoms with Crippen LogP contribution in [0.3, 0.4) is 0 Å². The van der Waals surface area contributed by atoms with Gasteiger partial charge in [-0.1, -0.05) is 29.8 Å². The van der Waals surface area contributed by atoms with Gasteiger partial charge in [0.05, 0.1) is 19.1 Å². The van der Waals surface area contributed by atoms with Crippen LogP contribution in [0.5, 0.6) is 5.75 Å². The lowest BCUT2D eigenvalue weighted by molar-refractivity contribution is -0.140. The number of anilines is 1. The molecule has 0 saturated heterocycles. The second-order valence-corrected chi connectivity index (χ2v) is 10.1. The van der Waals surface area contributed by atoms with Gasteiger partial charge in [-0.3, -0.25) is 13.9 Å². The number of amides is 2. The fourth-order valence-electron chi connectivity index (χ4n) is 3.66. The van der Waals surface area contributed by atoms with Crippen LogP contribution < -0.4 is 14.4 Å². The Morgan fingerprint density at radius 3 is 2.35 bits per heavy atom. The van der Waals surface area contributed by atoms with Crippen LogP contribution in [-0.2, 0) is 26.2 Å². The molecule has 0 aliphatic carbocycles. The lowest BCUT2D eigenvalue weighted by atomic mass is 10.1. The number of sulfonamides is 1. The molecule has 2 aromatic rings. The number of rotatable bonds is 12. The van der Waals surface area contributed by atoms with E-state index in [9.17, 15) is 18.0 Å². The molecule has 0 radical (unpaired) electrons. The Labute approximate surface area is 202 Å². The van der Waals surface area contributed by atoms with Crippen molar-refractivity contribution >= 4 is 27.5 Å². The first kappa shape index (κ1) is 27.2. The fourth-order valence-corrected chi connectivity index (χ4v) is 4.63. The maximum Gasteiger partial charge on any atom is 0.242 e. The molecule has 1 N–H and O–H groups in total. The van der Waals surface area contributed by atoms with Gasteiger partial charge in [0.2, 0.25) is 21.8 Å². The van der Waals surface area contributed by atoms with E-state index in [2.05, 4.69) is 5.32 Å². The maximum absolute atomic E-state index is 13.2. The summed E-state index contributed by atoms with van der Waals surface area (Å²) in [6.07, 6.45) is 1.56. The van der Waals surface area contributed by atoms with E-state index in [-0.39, 0.29) is 24.8 Å². The summed E-state index contributed by atoms with van der Waals surface area (Å²) in [4.78, 5) is 27.2. The van der Waals surface area contributed by atoms with Gasteiger partial charge < -0.3 is 15.0 Å². The highest BCUT2D eigenvalue weighted by atomic mass is 32.2. The van der Waals surface area contributed by atoms with Crippen LogP contribution in [0.25, 0.3) is 0 Å². The molecule has 0 bridgehead atoms. The summed E-state index contributed by atoms with van der Waals surface area (Å²) in [5, 5.41) is 2.77. The van der Waals surface area contributed by atoms with Gasteiger partial charge in [0, 0.05) is 26.1 Å². The average molecular weight is 490 g/mol. The molecule has 2 rings (SSSR count). The fraction of sp³-hybridized carbons (Fsp3) is 0.440. The Balaban J connectivity index is 2.14. The molecule has 9 heteroatoms. The SMILES string of the molecule is CCNC(=O)C(C)N(Cc1cccc(C)c1)C(=O)CCCN(c1ccc(OC)cc1)S(C)(=O)=O. The van der Waals surface area contributed by atoms with Crippen molar-refractivity contribution in [2.75, 3.05) is 30.8 Å². The number of benzene rings is 2. The number of ether oxygens (including phenoxy) is 1. The van der Waals surface area contributed by atoms with E-state index < -0.39 is 16.1 Å². The Kier molecular flexibility index (Phi) is 9.92. The normalized spacial score (nSPS) is 12.0. The third-order valence-electron chi connectivity index (χ3n) is 5.47. The zero-order valence-electron chi connectivity index (χ0n) is 20.6. The zero-order valence-corrected chi connectivity index (χ0v) is 21.4. The van der Waals surface area contributed by atoms with Crippen LogP contribution in [0.1, 0.15) is 37.8 Å². The topological polar surface area (TPSA) is 96.0 Å². The van der Waals surface area contributed by atoms with Gasteiger partial charge in [-0.25, -0.2) is 8.42 Å². The first-order valence-corrected chi connectivity index (χ1v) is 13.2. The maximum atomic E-state index is 13.2. The third-order valence-corrected chi connectivity index (χ3v) is 6.66. The highest BCUT2D eigenvalue weighted by molar-refractivity contribution is 7.92. The number of carbonyl (C=O) groups is 2. The minimum atomic E-state index is -3.54. The van der Waals surface area contributed by atoms with Crippen molar-refractivity contribution in [3.05, 3.63) is 59.7 Å². The molecular formula is C25H35N3O5S. The number of nitrogens with one attached hydrogen (secondary N) is 1. The minimum absolute atomic E-state index is 0.109. The summed E-state index contributed by atoms with van der Waals surface area (Å²) in [5.74, 6) is 0.196. The quantitative estimate of drug-likeness (QED) is 0.494. The molecule has 1 atom stereocenters. The molecule has 8 nitrogen and oxygen atoms in total. The Bertz CT molecular complexity index is 1070. The van der Waals surface area contributed by atoms with Crippen LogP contribution in [0.15, 0.2) is 48.5 Å². The number of hydrogen-bond donors (Lipinski definition) is 1. The van der Waals surface area contributed by atoms with Crippen molar-refractivity contribution in [2.45, 2.75) is 46.2 Å². The summed E-state index contributed by atoms with van der Waals surface area (Å²) < 4.78 is 31.2. The number of likely N-dealkylation sites (N-methyl/N-ethyl adjacent to an activating group) is 1. The van der Waals surface area contributed by atoms with Gasteiger partial charge in [-0.05, 0) is 57.0 Å². The molecule has 0 saturated carbocycles. The van der Waals surface area contributed by atoms with Gasteiger partial charge in [-0.15, -0.1) is 0 Å². The highest BCUT2D eigenvalue weighted by Gasteiger charge is 2.26. The predicted molar refractivity (Wildman–Crippen MR) is 134 cm³/mol. The predicted octanol–water partition coefficient (Wildman–Crippen LogP) is 3.10. The molecule has 0 spiro atoms. The number of aryl methyl sites for hydroxylation is 1. The molecule has 34 heavy (non-hydrogen) atoms. The highest BCUT2D eigenvalue weighted by Crippen LogP contribution is 2.22. The second kappa shape index (κ2) is 12.4. The van der Waals surface area contributed by atoms with Crippen molar-refractivity contribution in [3.8, 4) is 5.75 Å². The van der Waals surface area contributed by atoms with E-state index in [1.807, 2.05) is 38.1 Å². The number of hydrogen-bond acceptors (Lipinski definition) is 5. The van der Waals surface area contributed by atoms with Crippen molar-refractivity contribution < 1.29 is 22.7 Å². The number of carbonyl (C=O) groups excluding carboxylic acids is 2. The second-order valence-electron chi connectivity index (χ2n) is 8.22. The number of nitrogens with zero attached hydrogens (tertiary/aromatic N) is 2. The van der Waals surface area contributed by atoms with E-state index >= 15 is 0 Å². The first-order chi connectivity index (χ1) is 16.1. The molecular weight excluding hydrogens is 454 g/mol. The van der Waals surface area contributed by atoms with Crippen LogP contribution in [0.2, 0.25) is 0 Å². The largest absolute Gasteiger partial charge is 0.497 e. The van der Waals surface area contributed by atoms with Crippen LogP contribution >= 0.6 is 0 Å². The van der Waals surface area contributed by atoms with Crippen molar-refractivity contribution in [2.24, 2.45) is 0 Å². The average Bonchev–Trinajstić information content (AvgIpc) is 2.79. The Morgan fingerprint density at radius 1 is 1.12 bits per heavy atom. The monoisotopic (exact) mass is 489 g/mol. The van der Waals surface area contributed by atoms with E-state index in [1.165, 1.54) is 4.31 Å². The van der Waals surface area contributed by atoms with Crippen LogP contribution in [0, 0.1) is 6.92 Å². The molecule has 2 aromatic carbocycles. The molecule has 0 aromatic heterocycles. The van der Waals surface area contributed by atoms with Gasteiger partial charge in [0.25, 0.3) is 0 Å². The summed E-state index contributed by atoms with van der Waals surface area (Å²) in [6.45, 7) is 6.43. The van der Waals surface area contributed by atoms with Gasteiger partial charge in [0.15, 0.2) is 0 Å². The van der Waals surface area contributed by atoms with E-state index in [0.29, 0.717) is 30.9 Å². The summed E-state index contributed by atoms with van der Waals surface area (Å²) in [6, 6.07) is 13.9. The van der Waals surface area contributed by atoms with E-state index in [0.717, 1.165) is 17.4 Å². The van der Waals surface area contributed by atoms with Crippen molar-refractivity contribution in [1.82, 2.24) is 10.2 Å². The summed E-state index contributed by atoms with van der Waals surface area (Å²) in [7, 11) is -2.00. The van der Waals surface area contributed by atoms with Crippen molar-refractivity contribution in [3.63, 3.8) is 0 Å². The summed E-state index contributed by atoms with van der Waals surface area (Å²) >= 11 is 0. The molecule has 1 unspecified atom stereocenters. The van der Waals surface area contributed by atoms with Crippen molar-refractivity contribution in [1.29, 1.82) is 0 Å². The molecule has 0 fully saturated rings. The lowest BCUT2D eigenvalue weighted by Crippen LogP contribution is -2.47. The van der Waals surface area contributed by atoms with Gasteiger partial charge in [-0.2, -0.15) is 0 Å². The Morgan fingerprint density at radius 2 is 1.79 bits per heavy atom. The molecule has 0 aliphatic heterocycles. The zero-order chi connectivity index (χ0) is 25.3. The smallest absolute Gasteiger partial charge is 0.242 e. The summed E-state index contributed by atoms with van der Waals surface area (Å²) in [5.41, 5.74) is 2.50. The molecule has 0 heterocycles. The van der Waals surface area contributed by atoms with Gasteiger partial charge >= 0.3 is 0 Å².